The van der Waals surface area contributed by atoms with Gasteiger partial charge in [0.05, 0.1) is 17.6 Å². The molecule has 0 spiro atoms. The molecule has 0 saturated carbocycles. The van der Waals surface area contributed by atoms with E-state index in [1.165, 1.54) is 0 Å². The SMILES string of the molecule is C[C@@](O)(c1ccccn1)c1cn(-c2ccccc2)nn1. The van der Waals surface area contributed by atoms with Crippen molar-refractivity contribution in [2.75, 3.05) is 0 Å². The van der Waals surface area contributed by atoms with Gasteiger partial charge < -0.3 is 5.11 Å². The summed E-state index contributed by atoms with van der Waals surface area (Å²) >= 11 is 0. The Bertz CT molecular complexity index is 692. The Morgan fingerprint density at radius 1 is 1.00 bits per heavy atom. The van der Waals surface area contributed by atoms with E-state index in [0.29, 0.717) is 11.4 Å². The summed E-state index contributed by atoms with van der Waals surface area (Å²) in [7, 11) is 0. The van der Waals surface area contributed by atoms with Gasteiger partial charge in [-0.1, -0.05) is 29.5 Å². The van der Waals surface area contributed by atoms with Crippen molar-refractivity contribution in [1.82, 2.24) is 20.0 Å². The third kappa shape index (κ3) is 2.19. The summed E-state index contributed by atoms with van der Waals surface area (Å²) in [6, 6.07) is 15.0. The molecule has 2 heterocycles. The molecule has 5 heteroatoms. The normalized spacial score (nSPS) is 13.9. The van der Waals surface area contributed by atoms with E-state index >= 15 is 0 Å². The molecule has 1 aromatic carbocycles. The average Bonchev–Trinajstić information content (AvgIpc) is 3.00. The van der Waals surface area contributed by atoms with Crippen molar-refractivity contribution in [3.63, 3.8) is 0 Å². The van der Waals surface area contributed by atoms with Gasteiger partial charge in [0.2, 0.25) is 0 Å². The second-order valence-corrected chi connectivity index (χ2v) is 4.67. The smallest absolute Gasteiger partial charge is 0.149 e. The van der Waals surface area contributed by atoms with Gasteiger partial charge in [0.15, 0.2) is 0 Å². The third-order valence-corrected chi connectivity index (χ3v) is 3.18. The van der Waals surface area contributed by atoms with Gasteiger partial charge in [0.1, 0.15) is 11.3 Å². The van der Waals surface area contributed by atoms with Crippen molar-refractivity contribution in [3.8, 4) is 5.69 Å². The minimum absolute atomic E-state index is 0.458. The summed E-state index contributed by atoms with van der Waals surface area (Å²) in [5.74, 6) is 0. The van der Waals surface area contributed by atoms with Crippen LogP contribution in [-0.4, -0.2) is 25.1 Å². The number of para-hydroxylation sites is 1. The topological polar surface area (TPSA) is 63.8 Å². The predicted octanol–water partition coefficient (Wildman–Crippen LogP) is 1.92. The monoisotopic (exact) mass is 266 g/mol. The first-order valence-electron chi connectivity index (χ1n) is 6.30. The number of hydrogen-bond acceptors (Lipinski definition) is 4. The van der Waals surface area contributed by atoms with Crippen LogP contribution in [0, 0.1) is 0 Å². The van der Waals surface area contributed by atoms with Gasteiger partial charge in [-0.25, -0.2) is 4.68 Å². The lowest BCUT2D eigenvalue weighted by molar-refractivity contribution is 0.0925. The van der Waals surface area contributed by atoms with Crippen LogP contribution in [-0.2, 0) is 5.60 Å². The fraction of sp³-hybridized carbons (Fsp3) is 0.133. The van der Waals surface area contributed by atoms with E-state index in [-0.39, 0.29) is 0 Å². The Kier molecular flexibility index (Phi) is 3.04. The van der Waals surface area contributed by atoms with Gasteiger partial charge in [-0.05, 0) is 31.2 Å². The zero-order valence-electron chi connectivity index (χ0n) is 11.0. The molecule has 0 aliphatic rings. The summed E-state index contributed by atoms with van der Waals surface area (Å²) < 4.78 is 1.63. The maximum atomic E-state index is 10.6. The summed E-state index contributed by atoms with van der Waals surface area (Å²) in [6.45, 7) is 1.66. The molecule has 0 amide bonds. The molecule has 0 unspecified atom stereocenters. The number of rotatable bonds is 3. The van der Waals surface area contributed by atoms with E-state index in [4.69, 9.17) is 0 Å². The van der Waals surface area contributed by atoms with E-state index in [1.807, 2.05) is 36.4 Å². The molecule has 0 aliphatic heterocycles. The first-order chi connectivity index (χ1) is 9.68. The molecule has 0 radical (unpaired) electrons. The summed E-state index contributed by atoms with van der Waals surface area (Å²) in [5.41, 5.74) is 0.622. The lowest BCUT2D eigenvalue weighted by Crippen LogP contribution is -2.24. The average molecular weight is 266 g/mol. The fourth-order valence-corrected chi connectivity index (χ4v) is 1.98. The highest BCUT2D eigenvalue weighted by atomic mass is 16.3. The van der Waals surface area contributed by atoms with Crippen molar-refractivity contribution < 1.29 is 5.11 Å². The van der Waals surface area contributed by atoms with Crippen molar-refractivity contribution in [2.45, 2.75) is 12.5 Å². The second-order valence-electron chi connectivity index (χ2n) is 4.67. The first kappa shape index (κ1) is 12.5. The van der Waals surface area contributed by atoms with Crippen LogP contribution in [0.3, 0.4) is 0 Å². The molecule has 1 atom stereocenters. The molecule has 2 aromatic heterocycles. The number of pyridine rings is 1. The molecule has 3 aromatic rings. The highest BCUT2D eigenvalue weighted by Crippen LogP contribution is 2.25. The van der Waals surface area contributed by atoms with Gasteiger partial charge in [-0.15, -0.1) is 5.10 Å². The van der Waals surface area contributed by atoms with Gasteiger partial charge in [0, 0.05) is 6.20 Å². The molecule has 0 saturated heterocycles. The Balaban J connectivity index is 1.98. The van der Waals surface area contributed by atoms with Crippen LogP contribution in [0.1, 0.15) is 18.3 Å². The maximum Gasteiger partial charge on any atom is 0.149 e. The van der Waals surface area contributed by atoms with Crippen molar-refractivity contribution in [1.29, 1.82) is 0 Å². The molecule has 100 valence electrons. The van der Waals surface area contributed by atoms with E-state index in [9.17, 15) is 5.11 Å². The lowest BCUT2D eigenvalue weighted by atomic mass is 9.98. The van der Waals surface area contributed by atoms with Crippen LogP contribution in [0.5, 0.6) is 0 Å². The largest absolute Gasteiger partial charge is 0.377 e. The number of aromatic nitrogens is 4. The molecule has 0 bridgehead atoms. The second kappa shape index (κ2) is 4.86. The number of hydrogen-bond donors (Lipinski definition) is 1. The Morgan fingerprint density at radius 2 is 1.75 bits per heavy atom. The maximum absolute atomic E-state index is 10.6. The molecule has 1 N–H and O–H groups in total. The summed E-state index contributed by atoms with van der Waals surface area (Å²) in [5, 5.41) is 18.8. The van der Waals surface area contributed by atoms with E-state index < -0.39 is 5.60 Å². The van der Waals surface area contributed by atoms with Crippen LogP contribution >= 0.6 is 0 Å². The van der Waals surface area contributed by atoms with Crippen LogP contribution < -0.4 is 0 Å². The first-order valence-corrected chi connectivity index (χ1v) is 6.30. The van der Waals surface area contributed by atoms with Crippen LogP contribution in [0.25, 0.3) is 5.69 Å². The Labute approximate surface area is 116 Å². The third-order valence-electron chi connectivity index (χ3n) is 3.18. The zero-order valence-corrected chi connectivity index (χ0v) is 11.0. The minimum Gasteiger partial charge on any atom is -0.377 e. The van der Waals surface area contributed by atoms with Gasteiger partial charge in [-0.3, -0.25) is 4.98 Å². The summed E-state index contributed by atoms with van der Waals surface area (Å²) in [6.07, 6.45) is 3.36. The van der Waals surface area contributed by atoms with Gasteiger partial charge in [-0.2, -0.15) is 0 Å². The Morgan fingerprint density at radius 3 is 2.45 bits per heavy atom. The minimum atomic E-state index is -1.27. The fourth-order valence-electron chi connectivity index (χ4n) is 1.98. The van der Waals surface area contributed by atoms with Crippen molar-refractivity contribution in [3.05, 3.63) is 72.3 Å². The van der Waals surface area contributed by atoms with Crippen LogP contribution in [0.15, 0.2) is 60.9 Å². The van der Waals surface area contributed by atoms with Crippen LogP contribution in [0.2, 0.25) is 0 Å². The quantitative estimate of drug-likeness (QED) is 0.786. The highest BCUT2D eigenvalue weighted by molar-refractivity contribution is 5.32. The van der Waals surface area contributed by atoms with Crippen molar-refractivity contribution in [2.24, 2.45) is 0 Å². The van der Waals surface area contributed by atoms with Crippen molar-refractivity contribution >= 4 is 0 Å². The molecule has 5 nitrogen and oxygen atoms in total. The lowest BCUT2D eigenvalue weighted by Gasteiger charge is -2.19. The summed E-state index contributed by atoms with van der Waals surface area (Å²) in [4.78, 5) is 4.18. The standard InChI is InChI=1S/C15H14N4O/c1-15(20,13-9-5-6-10-16-13)14-11-19(18-17-14)12-7-3-2-4-8-12/h2-11,20H,1H3/t15-/m1/s1. The van der Waals surface area contributed by atoms with E-state index in [1.54, 1.807) is 36.1 Å². The van der Waals surface area contributed by atoms with Crippen LogP contribution in [0.4, 0.5) is 0 Å². The molecule has 0 aliphatic carbocycles. The Hall–Kier alpha value is -2.53. The molecule has 0 fully saturated rings. The molecular weight excluding hydrogens is 252 g/mol. The predicted molar refractivity (Wildman–Crippen MR) is 74.3 cm³/mol. The van der Waals surface area contributed by atoms with E-state index in [2.05, 4.69) is 15.3 Å². The molecule has 20 heavy (non-hydrogen) atoms. The molecule has 3 rings (SSSR count). The zero-order chi connectivity index (χ0) is 14.0. The number of nitrogens with zero attached hydrogens (tertiary/aromatic N) is 4. The highest BCUT2D eigenvalue weighted by Gasteiger charge is 2.30. The molecular formula is C15H14N4O. The number of aliphatic hydroxyl groups is 1. The van der Waals surface area contributed by atoms with E-state index in [0.717, 1.165) is 5.69 Å². The number of benzene rings is 1. The van der Waals surface area contributed by atoms with Gasteiger partial charge >= 0.3 is 0 Å². The van der Waals surface area contributed by atoms with Gasteiger partial charge in [0.25, 0.3) is 0 Å².